The molecule has 0 fully saturated rings. The molecular weight excluding hydrogens is 326 g/mol. The first-order chi connectivity index (χ1) is 12.0. The van der Waals surface area contributed by atoms with Gasteiger partial charge in [-0.1, -0.05) is 24.3 Å². The maximum atomic E-state index is 13.7. The van der Waals surface area contributed by atoms with Crippen LogP contribution in [0.3, 0.4) is 0 Å². The predicted molar refractivity (Wildman–Crippen MR) is 91.6 cm³/mol. The quantitative estimate of drug-likeness (QED) is 0.560. The monoisotopic (exact) mass is 340 g/mol. The van der Waals surface area contributed by atoms with E-state index in [0.29, 0.717) is 0 Å². The third-order valence-electron chi connectivity index (χ3n) is 3.75. The molecule has 6 heteroatoms. The van der Waals surface area contributed by atoms with Crippen LogP contribution in [0.2, 0.25) is 0 Å². The Balaban J connectivity index is 1.85. The lowest BCUT2D eigenvalue weighted by Gasteiger charge is -2.07. The van der Waals surface area contributed by atoms with Gasteiger partial charge in [-0.3, -0.25) is 4.79 Å². The van der Waals surface area contributed by atoms with Crippen LogP contribution in [0.4, 0.5) is 8.78 Å². The fraction of sp³-hybridized carbons (Fsp3) is 0.0526. The first-order valence-corrected chi connectivity index (χ1v) is 7.47. The van der Waals surface area contributed by atoms with Gasteiger partial charge in [0.1, 0.15) is 17.4 Å². The number of nitrogens with one attached hydrogen (secondary N) is 1. The smallest absolute Gasteiger partial charge is 0.275 e. The number of hydrazone groups is 1. The van der Waals surface area contributed by atoms with E-state index >= 15 is 0 Å². The second-order valence-corrected chi connectivity index (χ2v) is 5.48. The summed E-state index contributed by atoms with van der Waals surface area (Å²) in [5.41, 5.74) is 2.57. The molecule has 0 aliphatic rings. The van der Waals surface area contributed by atoms with Crippen LogP contribution in [-0.2, 0) is 0 Å². The number of halogens is 2. The number of hydrogen-bond acceptors (Lipinski definition) is 3. The topological polar surface area (TPSA) is 61.7 Å². The largest absolute Gasteiger partial charge is 0.507 e. The molecule has 1 amide bonds. The molecule has 0 aromatic heterocycles. The zero-order valence-electron chi connectivity index (χ0n) is 13.3. The molecule has 3 rings (SSSR count). The van der Waals surface area contributed by atoms with Crippen molar-refractivity contribution in [3.05, 3.63) is 77.4 Å². The zero-order valence-corrected chi connectivity index (χ0v) is 13.3. The van der Waals surface area contributed by atoms with Crippen LogP contribution < -0.4 is 5.43 Å². The third-order valence-corrected chi connectivity index (χ3v) is 3.75. The number of phenols is 1. The number of aromatic hydroxyl groups is 1. The summed E-state index contributed by atoms with van der Waals surface area (Å²) < 4.78 is 26.7. The number of nitrogens with zero attached hydrogens (tertiary/aromatic N) is 1. The first-order valence-electron chi connectivity index (χ1n) is 7.47. The Morgan fingerprint density at radius 1 is 1.00 bits per heavy atom. The van der Waals surface area contributed by atoms with E-state index in [1.807, 2.05) is 24.3 Å². The molecule has 0 aliphatic heterocycles. The normalized spacial score (nSPS) is 11.6. The highest BCUT2D eigenvalue weighted by atomic mass is 19.1. The molecule has 25 heavy (non-hydrogen) atoms. The van der Waals surface area contributed by atoms with Gasteiger partial charge in [0.25, 0.3) is 5.91 Å². The summed E-state index contributed by atoms with van der Waals surface area (Å²) in [7, 11) is 0. The molecular formula is C19H14F2N2O2. The van der Waals surface area contributed by atoms with E-state index in [2.05, 4.69) is 10.5 Å². The van der Waals surface area contributed by atoms with Gasteiger partial charge in [0, 0.05) is 11.6 Å². The van der Waals surface area contributed by atoms with E-state index in [1.54, 1.807) is 6.07 Å². The fourth-order valence-electron chi connectivity index (χ4n) is 2.45. The van der Waals surface area contributed by atoms with Crippen LogP contribution in [0.1, 0.15) is 22.8 Å². The Morgan fingerprint density at radius 3 is 2.36 bits per heavy atom. The maximum Gasteiger partial charge on any atom is 0.275 e. The number of benzene rings is 3. The van der Waals surface area contributed by atoms with E-state index in [9.17, 15) is 18.7 Å². The lowest BCUT2D eigenvalue weighted by molar-refractivity contribution is 0.0952. The van der Waals surface area contributed by atoms with Gasteiger partial charge >= 0.3 is 0 Å². The Kier molecular flexibility index (Phi) is 4.43. The van der Waals surface area contributed by atoms with Crippen molar-refractivity contribution in [2.24, 2.45) is 5.10 Å². The van der Waals surface area contributed by atoms with Crippen molar-refractivity contribution in [3.8, 4) is 5.75 Å². The van der Waals surface area contributed by atoms with E-state index in [-0.39, 0.29) is 22.6 Å². The number of hydrogen-bond donors (Lipinski definition) is 2. The van der Waals surface area contributed by atoms with Gasteiger partial charge in [-0.15, -0.1) is 0 Å². The van der Waals surface area contributed by atoms with Crippen molar-refractivity contribution < 1.29 is 18.7 Å². The minimum atomic E-state index is -0.774. The van der Waals surface area contributed by atoms with E-state index < -0.39 is 17.5 Å². The maximum absolute atomic E-state index is 13.7. The van der Waals surface area contributed by atoms with Gasteiger partial charge in [-0.2, -0.15) is 5.10 Å². The van der Waals surface area contributed by atoms with E-state index in [4.69, 9.17) is 0 Å². The average Bonchev–Trinajstić information content (AvgIpc) is 2.58. The summed E-state index contributed by atoms with van der Waals surface area (Å²) in [6.07, 6.45) is 0. The van der Waals surface area contributed by atoms with Gasteiger partial charge < -0.3 is 5.11 Å². The Bertz CT molecular complexity index is 1000. The third kappa shape index (κ3) is 3.47. The van der Waals surface area contributed by atoms with Crippen molar-refractivity contribution in [2.45, 2.75) is 6.92 Å². The van der Waals surface area contributed by atoms with Gasteiger partial charge in [0.05, 0.1) is 11.3 Å². The molecule has 4 nitrogen and oxygen atoms in total. The molecule has 0 saturated heterocycles. The fourth-order valence-corrected chi connectivity index (χ4v) is 2.45. The number of rotatable bonds is 3. The number of carbonyl (C=O) groups excluding carboxylic acids is 1. The lowest BCUT2D eigenvalue weighted by Crippen LogP contribution is -2.19. The minimum Gasteiger partial charge on any atom is -0.507 e. The standard InChI is InChI=1S/C19H14F2N2O2/c1-11(15-7-6-14(20)10-17(15)21)22-23-19(25)16-8-12-4-2-3-5-13(12)9-18(16)24/h2-10,24H,1H3,(H,23,25)/b22-11+. The number of carbonyl (C=O) groups is 1. The molecule has 0 aliphatic carbocycles. The molecule has 0 spiro atoms. The molecule has 0 saturated carbocycles. The summed E-state index contributed by atoms with van der Waals surface area (Å²) >= 11 is 0. The van der Waals surface area contributed by atoms with Crippen LogP contribution >= 0.6 is 0 Å². The van der Waals surface area contributed by atoms with Crippen LogP contribution in [0.15, 0.2) is 59.7 Å². The molecule has 0 radical (unpaired) electrons. The SMILES string of the molecule is C/C(=N\NC(=O)c1cc2ccccc2cc1O)c1ccc(F)cc1F. The highest BCUT2D eigenvalue weighted by Gasteiger charge is 2.13. The van der Waals surface area contributed by atoms with Gasteiger partial charge in [-0.05, 0) is 42.0 Å². The van der Waals surface area contributed by atoms with Crippen molar-refractivity contribution in [2.75, 3.05) is 0 Å². The predicted octanol–water partition coefficient (Wildman–Crippen LogP) is 3.98. The summed E-state index contributed by atoms with van der Waals surface area (Å²) in [6.45, 7) is 1.48. The molecule has 0 atom stereocenters. The molecule has 0 bridgehead atoms. The van der Waals surface area contributed by atoms with Crippen molar-refractivity contribution in [1.82, 2.24) is 5.43 Å². The molecule has 3 aromatic carbocycles. The second-order valence-electron chi connectivity index (χ2n) is 5.48. The van der Waals surface area contributed by atoms with Gasteiger partial charge in [0.2, 0.25) is 0 Å². The van der Waals surface area contributed by atoms with Crippen LogP contribution in [0.25, 0.3) is 10.8 Å². The summed E-state index contributed by atoms with van der Waals surface area (Å²) in [5.74, 6) is -2.29. The number of amides is 1. The van der Waals surface area contributed by atoms with E-state index in [1.165, 1.54) is 19.1 Å². The number of phenolic OH excluding ortho intramolecular Hbond substituents is 1. The van der Waals surface area contributed by atoms with Crippen LogP contribution in [0.5, 0.6) is 5.75 Å². The van der Waals surface area contributed by atoms with Crippen molar-refractivity contribution in [1.29, 1.82) is 0 Å². The van der Waals surface area contributed by atoms with Crippen molar-refractivity contribution in [3.63, 3.8) is 0 Å². The number of fused-ring (bicyclic) bond motifs is 1. The van der Waals surface area contributed by atoms with Gasteiger partial charge in [-0.25, -0.2) is 14.2 Å². The van der Waals surface area contributed by atoms with E-state index in [0.717, 1.165) is 22.9 Å². The highest BCUT2D eigenvalue weighted by Crippen LogP contribution is 2.24. The highest BCUT2D eigenvalue weighted by molar-refractivity contribution is 6.03. The molecule has 3 aromatic rings. The molecule has 126 valence electrons. The zero-order chi connectivity index (χ0) is 18.0. The first kappa shape index (κ1) is 16.6. The summed E-state index contributed by atoms with van der Waals surface area (Å²) in [5, 5.41) is 15.4. The Labute approximate surface area is 142 Å². The average molecular weight is 340 g/mol. The van der Waals surface area contributed by atoms with Crippen molar-refractivity contribution >= 4 is 22.4 Å². The van der Waals surface area contributed by atoms with Crippen LogP contribution in [0, 0.1) is 11.6 Å². The summed E-state index contributed by atoms with van der Waals surface area (Å²) in [6, 6.07) is 13.4. The second kappa shape index (κ2) is 6.68. The molecule has 2 N–H and O–H groups in total. The Morgan fingerprint density at radius 2 is 1.68 bits per heavy atom. The molecule has 0 unspecified atom stereocenters. The minimum absolute atomic E-state index is 0.0508. The Hall–Kier alpha value is -3.28. The van der Waals surface area contributed by atoms with Crippen LogP contribution in [-0.4, -0.2) is 16.7 Å². The molecule has 0 heterocycles. The lowest BCUT2D eigenvalue weighted by atomic mass is 10.1. The van der Waals surface area contributed by atoms with Gasteiger partial charge in [0.15, 0.2) is 0 Å². The summed E-state index contributed by atoms with van der Waals surface area (Å²) in [4.78, 5) is 12.3.